The molecule has 0 aliphatic rings. The highest BCUT2D eigenvalue weighted by atomic mass is 16.6. The maximum Gasteiger partial charge on any atom is 0.435 e. The van der Waals surface area contributed by atoms with Crippen LogP contribution in [0.1, 0.15) is 39.2 Å². The average molecular weight is 351 g/mol. The highest BCUT2D eigenvalue weighted by Gasteiger charge is 2.22. The van der Waals surface area contributed by atoms with Crippen molar-refractivity contribution in [2.75, 3.05) is 12.3 Å². The van der Waals surface area contributed by atoms with Crippen molar-refractivity contribution in [1.82, 2.24) is 0 Å². The smallest absolute Gasteiger partial charge is 0.435 e. The summed E-state index contributed by atoms with van der Waals surface area (Å²) < 4.78 is 9.94. The molecule has 0 aliphatic heterocycles. The Bertz CT molecular complexity index is 620. The van der Waals surface area contributed by atoms with Crippen LogP contribution >= 0.6 is 0 Å². The molecule has 0 radical (unpaired) electrons. The van der Waals surface area contributed by atoms with Crippen molar-refractivity contribution in [3.8, 4) is 0 Å². The summed E-state index contributed by atoms with van der Waals surface area (Å²) in [5.41, 5.74) is 11.7. The molecule has 0 aliphatic carbocycles. The van der Waals surface area contributed by atoms with Crippen molar-refractivity contribution in [2.45, 2.75) is 45.3 Å². The van der Waals surface area contributed by atoms with Crippen LogP contribution in [0.5, 0.6) is 0 Å². The van der Waals surface area contributed by atoms with E-state index in [2.05, 4.69) is 4.99 Å². The number of esters is 1. The number of nitrogen functional groups attached to an aromatic ring is 1. The molecule has 5 N–H and O–H groups in total. The Hall–Kier alpha value is -2.61. The van der Waals surface area contributed by atoms with Gasteiger partial charge in [-0.15, -0.1) is 0 Å². The summed E-state index contributed by atoms with van der Waals surface area (Å²) in [5.74, 6) is -0.691. The number of nitrogens with two attached hydrogens (primary N) is 2. The van der Waals surface area contributed by atoms with Crippen LogP contribution in [0, 0.1) is 0 Å². The minimum absolute atomic E-state index is 0.00277. The summed E-state index contributed by atoms with van der Waals surface area (Å²) in [6, 6.07) is 6.56. The number of hydrogen-bond acceptors (Lipinski definition) is 6. The van der Waals surface area contributed by atoms with Gasteiger partial charge in [-0.3, -0.25) is 0 Å². The molecular formula is C17H25N3O5. The fraction of sp³-hybridized carbons (Fsp3) is 0.471. The number of aliphatic imine (C=N–C) groups is 1. The SMILES string of the molecule is CC(C)(C)OC(=O)[C@@H](O)CCCOC(=O)N=C(N)c1ccc(N)cc1. The van der Waals surface area contributed by atoms with Gasteiger partial charge in [0.1, 0.15) is 11.4 Å². The van der Waals surface area contributed by atoms with Crippen LogP contribution in [-0.2, 0) is 14.3 Å². The van der Waals surface area contributed by atoms with Crippen molar-refractivity contribution in [1.29, 1.82) is 0 Å². The van der Waals surface area contributed by atoms with Gasteiger partial charge in [0, 0.05) is 11.3 Å². The van der Waals surface area contributed by atoms with E-state index in [-0.39, 0.29) is 25.3 Å². The lowest BCUT2D eigenvalue weighted by molar-refractivity contribution is -0.165. The number of carbonyl (C=O) groups excluding carboxylic acids is 2. The molecule has 1 aromatic carbocycles. The molecule has 1 amide bonds. The average Bonchev–Trinajstić information content (AvgIpc) is 2.50. The van der Waals surface area contributed by atoms with E-state index in [1.54, 1.807) is 45.0 Å². The predicted molar refractivity (Wildman–Crippen MR) is 94.0 cm³/mol. The maximum absolute atomic E-state index is 11.6. The number of nitrogens with zero attached hydrogens (tertiary/aromatic N) is 1. The first-order chi connectivity index (χ1) is 11.6. The molecule has 8 nitrogen and oxygen atoms in total. The molecule has 25 heavy (non-hydrogen) atoms. The number of anilines is 1. The minimum atomic E-state index is -1.26. The van der Waals surface area contributed by atoms with Gasteiger partial charge in [0.15, 0.2) is 6.10 Å². The lowest BCUT2D eigenvalue weighted by Crippen LogP contribution is -2.31. The molecule has 1 aromatic rings. The summed E-state index contributed by atoms with van der Waals surface area (Å²) in [4.78, 5) is 26.8. The molecule has 0 saturated heterocycles. The molecule has 0 saturated carbocycles. The molecule has 0 spiro atoms. The van der Waals surface area contributed by atoms with Gasteiger partial charge in [-0.05, 0) is 57.9 Å². The predicted octanol–water partition coefficient (Wildman–Crippen LogP) is 1.59. The van der Waals surface area contributed by atoms with Crippen LogP contribution in [0.3, 0.4) is 0 Å². The zero-order valence-electron chi connectivity index (χ0n) is 14.7. The normalized spacial score (nSPS) is 13.2. The first-order valence-corrected chi connectivity index (χ1v) is 7.86. The summed E-state index contributed by atoms with van der Waals surface area (Å²) in [6.45, 7) is 5.13. The van der Waals surface area contributed by atoms with E-state index in [0.29, 0.717) is 11.3 Å². The Morgan fingerprint density at radius 3 is 2.40 bits per heavy atom. The zero-order valence-corrected chi connectivity index (χ0v) is 14.7. The largest absolute Gasteiger partial charge is 0.458 e. The topological polar surface area (TPSA) is 137 Å². The quantitative estimate of drug-likeness (QED) is 0.233. The number of amidine groups is 1. The van der Waals surface area contributed by atoms with Gasteiger partial charge < -0.3 is 26.0 Å². The lowest BCUT2D eigenvalue weighted by atomic mass is 10.1. The summed E-state index contributed by atoms with van der Waals surface area (Å²) in [6.07, 6.45) is -1.72. The fourth-order valence-corrected chi connectivity index (χ4v) is 1.77. The molecule has 138 valence electrons. The number of carbonyl (C=O) groups is 2. The van der Waals surface area contributed by atoms with E-state index in [4.69, 9.17) is 20.9 Å². The Morgan fingerprint density at radius 2 is 1.84 bits per heavy atom. The summed E-state index contributed by atoms with van der Waals surface area (Å²) in [7, 11) is 0. The van der Waals surface area contributed by atoms with Crippen LogP contribution in [0.2, 0.25) is 0 Å². The van der Waals surface area contributed by atoms with E-state index in [1.807, 2.05) is 0 Å². The van der Waals surface area contributed by atoms with Crippen molar-refractivity contribution < 1.29 is 24.2 Å². The van der Waals surface area contributed by atoms with Gasteiger partial charge in [0.2, 0.25) is 0 Å². The van der Waals surface area contributed by atoms with E-state index < -0.39 is 23.8 Å². The van der Waals surface area contributed by atoms with Gasteiger partial charge in [0.25, 0.3) is 0 Å². The third-order valence-electron chi connectivity index (χ3n) is 2.94. The molecule has 8 heteroatoms. The van der Waals surface area contributed by atoms with Crippen LogP contribution in [0.25, 0.3) is 0 Å². The van der Waals surface area contributed by atoms with Crippen LogP contribution < -0.4 is 11.5 Å². The Kier molecular flexibility index (Phi) is 7.38. The van der Waals surface area contributed by atoms with Crippen molar-refractivity contribution in [3.63, 3.8) is 0 Å². The number of hydrogen-bond donors (Lipinski definition) is 3. The number of ether oxygens (including phenoxy) is 2. The second kappa shape index (κ2) is 9.03. The van der Waals surface area contributed by atoms with Crippen LogP contribution in [0.15, 0.2) is 29.3 Å². The van der Waals surface area contributed by atoms with Crippen LogP contribution in [0.4, 0.5) is 10.5 Å². The first kappa shape index (κ1) is 20.4. The van der Waals surface area contributed by atoms with E-state index in [9.17, 15) is 14.7 Å². The maximum atomic E-state index is 11.6. The van der Waals surface area contributed by atoms with E-state index >= 15 is 0 Å². The molecular weight excluding hydrogens is 326 g/mol. The lowest BCUT2D eigenvalue weighted by Gasteiger charge is -2.21. The zero-order chi connectivity index (χ0) is 19.0. The third kappa shape index (κ3) is 8.16. The van der Waals surface area contributed by atoms with Gasteiger partial charge in [-0.25, -0.2) is 9.59 Å². The molecule has 0 heterocycles. The van der Waals surface area contributed by atoms with Crippen LogP contribution in [-0.4, -0.2) is 41.3 Å². The first-order valence-electron chi connectivity index (χ1n) is 7.86. The monoisotopic (exact) mass is 351 g/mol. The van der Waals surface area contributed by atoms with E-state index in [0.717, 1.165) is 0 Å². The number of amides is 1. The van der Waals surface area contributed by atoms with Gasteiger partial charge in [0.05, 0.1) is 6.61 Å². The van der Waals surface area contributed by atoms with Gasteiger partial charge in [-0.2, -0.15) is 4.99 Å². The molecule has 1 rings (SSSR count). The van der Waals surface area contributed by atoms with Gasteiger partial charge in [-0.1, -0.05) is 0 Å². The molecule has 1 atom stereocenters. The van der Waals surface area contributed by atoms with Crippen molar-refractivity contribution >= 4 is 23.6 Å². The number of aliphatic hydroxyl groups excluding tert-OH is 1. The Balaban J connectivity index is 2.36. The molecule has 0 unspecified atom stereocenters. The second-order valence-electron chi connectivity index (χ2n) is 6.42. The standard InChI is InChI=1S/C17H25N3O5/c1-17(2,3)25-15(22)13(21)5-4-10-24-16(23)20-14(19)11-6-8-12(18)9-7-11/h6-9,13,21H,4-5,10,18H2,1-3H3,(H2,19,20,23)/t13-/m0/s1. The number of aliphatic hydroxyl groups is 1. The second-order valence-corrected chi connectivity index (χ2v) is 6.42. The van der Waals surface area contributed by atoms with Gasteiger partial charge >= 0.3 is 12.1 Å². The highest BCUT2D eigenvalue weighted by Crippen LogP contribution is 2.11. The van der Waals surface area contributed by atoms with E-state index in [1.165, 1.54) is 0 Å². The number of rotatable bonds is 6. The fourth-order valence-electron chi connectivity index (χ4n) is 1.77. The Morgan fingerprint density at radius 1 is 1.24 bits per heavy atom. The molecule has 0 fully saturated rings. The molecule has 0 bridgehead atoms. The summed E-state index contributed by atoms with van der Waals surface area (Å²) >= 11 is 0. The molecule has 0 aromatic heterocycles. The number of benzene rings is 1. The van der Waals surface area contributed by atoms with Crippen molar-refractivity contribution in [2.24, 2.45) is 10.7 Å². The highest BCUT2D eigenvalue weighted by molar-refractivity contribution is 6.02. The van der Waals surface area contributed by atoms with Crippen molar-refractivity contribution in [3.05, 3.63) is 29.8 Å². The third-order valence-corrected chi connectivity index (χ3v) is 2.94. The Labute approximate surface area is 146 Å². The summed E-state index contributed by atoms with van der Waals surface area (Å²) in [5, 5.41) is 9.69. The minimum Gasteiger partial charge on any atom is -0.458 e.